The number of rotatable bonds is 9. The van der Waals surface area contributed by atoms with Crippen molar-refractivity contribution in [3.63, 3.8) is 0 Å². The molecular weight excluding hydrogens is 448 g/mol. The first-order valence-corrected chi connectivity index (χ1v) is 11.2. The standard InChI is InChI=1S/C24H27ClN2O6/c1-2-31-21-13-17(9-10-20(21)32-16-23(29)27-11-4-3-5-12-27)24(30)33-15-22(28)26-19-8-6-7-18(25)14-19/h6-10,13-14H,2-5,11-12,15-16H2,1H3,(H,26,28). The van der Waals surface area contributed by atoms with Crippen LogP contribution in [0, 0.1) is 0 Å². The van der Waals surface area contributed by atoms with Crippen molar-refractivity contribution in [2.24, 2.45) is 0 Å². The molecule has 1 aliphatic heterocycles. The van der Waals surface area contributed by atoms with E-state index in [1.54, 1.807) is 42.2 Å². The molecule has 2 aromatic rings. The van der Waals surface area contributed by atoms with E-state index in [1.807, 2.05) is 0 Å². The van der Waals surface area contributed by atoms with Crippen LogP contribution >= 0.6 is 11.6 Å². The topological polar surface area (TPSA) is 94.2 Å². The molecule has 176 valence electrons. The van der Waals surface area contributed by atoms with Crippen molar-refractivity contribution in [2.75, 3.05) is 38.2 Å². The molecule has 1 aliphatic rings. The van der Waals surface area contributed by atoms with Crippen molar-refractivity contribution in [3.8, 4) is 11.5 Å². The van der Waals surface area contributed by atoms with Crippen LogP contribution in [0.2, 0.25) is 5.02 Å². The zero-order valence-electron chi connectivity index (χ0n) is 18.5. The number of hydrogen-bond donors (Lipinski definition) is 1. The minimum absolute atomic E-state index is 0.0775. The summed E-state index contributed by atoms with van der Waals surface area (Å²) >= 11 is 5.89. The monoisotopic (exact) mass is 474 g/mol. The van der Waals surface area contributed by atoms with E-state index in [2.05, 4.69) is 5.32 Å². The van der Waals surface area contributed by atoms with E-state index in [-0.39, 0.29) is 18.1 Å². The van der Waals surface area contributed by atoms with Gasteiger partial charge in [0, 0.05) is 23.8 Å². The number of ether oxygens (including phenoxy) is 3. The maximum absolute atomic E-state index is 12.4. The molecule has 0 atom stereocenters. The molecule has 2 amide bonds. The number of carbonyl (C=O) groups excluding carboxylic acids is 3. The molecule has 8 nitrogen and oxygen atoms in total. The van der Waals surface area contributed by atoms with Crippen LogP contribution in [0.4, 0.5) is 5.69 Å². The van der Waals surface area contributed by atoms with Gasteiger partial charge in [-0.25, -0.2) is 4.79 Å². The number of nitrogens with zero attached hydrogens (tertiary/aromatic N) is 1. The minimum Gasteiger partial charge on any atom is -0.490 e. The lowest BCUT2D eigenvalue weighted by molar-refractivity contribution is -0.134. The highest BCUT2D eigenvalue weighted by atomic mass is 35.5. The summed E-state index contributed by atoms with van der Waals surface area (Å²) in [5.41, 5.74) is 0.700. The Bertz CT molecular complexity index is 991. The van der Waals surface area contributed by atoms with E-state index in [1.165, 1.54) is 12.1 Å². The fourth-order valence-corrected chi connectivity index (χ4v) is 3.56. The molecule has 0 radical (unpaired) electrons. The molecule has 0 bridgehead atoms. The third kappa shape index (κ3) is 7.39. The third-order valence-electron chi connectivity index (χ3n) is 4.98. The zero-order chi connectivity index (χ0) is 23.6. The van der Waals surface area contributed by atoms with Crippen molar-refractivity contribution in [3.05, 3.63) is 53.1 Å². The second-order valence-corrected chi connectivity index (χ2v) is 7.90. The highest BCUT2D eigenvalue weighted by molar-refractivity contribution is 6.30. The smallest absolute Gasteiger partial charge is 0.338 e. The number of hydrogen-bond acceptors (Lipinski definition) is 6. The predicted octanol–water partition coefficient (Wildman–Crippen LogP) is 3.93. The van der Waals surface area contributed by atoms with Crippen LogP contribution in [-0.2, 0) is 14.3 Å². The fourth-order valence-electron chi connectivity index (χ4n) is 3.37. The molecule has 1 saturated heterocycles. The molecule has 0 saturated carbocycles. The molecule has 0 spiro atoms. The predicted molar refractivity (Wildman–Crippen MR) is 124 cm³/mol. The van der Waals surface area contributed by atoms with Crippen molar-refractivity contribution >= 4 is 35.1 Å². The van der Waals surface area contributed by atoms with Gasteiger partial charge in [-0.2, -0.15) is 0 Å². The number of piperidine rings is 1. The van der Waals surface area contributed by atoms with E-state index in [9.17, 15) is 14.4 Å². The van der Waals surface area contributed by atoms with Gasteiger partial charge in [0.1, 0.15) is 0 Å². The van der Waals surface area contributed by atoms with Gasteiger partial charge in [0.25, 0.3) is 11.8 Å². The van der Waals surface area contributed by atoms with Crippen LogP contribution in [0.1, 0.15) is 36.5 Å². The van der Waals surface area contributed by atoms with Gasteiger partial charge in [0.05, 0.1) is 12.2 Å². The summed E-state index contributed by atoms with van der Waals surface area (Å²) in [6, 6.07) is 11.2. The Morgan fingerprint density at radius 2 is 1.76 bits per heavy atom. The van der Waals surface area contributed by atoms with Gasteiger partial charge in [0.15, 0.2) is 24.7 Å². The number of halogens is 1. The second-order valence-electron chi connectivity index (χ2n) is 7.46. The number of likely N-dealkylation sites (tertiary alicyclic amines) is 1. The Balaban J connectivity index is 1.56. The lowest BCUT2D eigenvalue weighted by Crippen LogP contribution is -2.38. The summed E-state index contributed by atoms with van der Waals surface area (Å²) in [6.45, 7) is 3.07. The van der Waals surface area contributed by atoms with Gasteiger partial charge in [-0.1, -0.05) is 17.7 Å². The van der Waals surface area contributed by atoms with Crippen molar-refractivity contribution in [2.45, 2.75) is 26.2 Å². The molecule has 33 heavy (non-hydrogen) atoms. The first-order chi connectivity index (χ1) is 16.0. The number of esters is 1. The molecule has 1 N–H and O–H groups in total. The van der Waals surface area contributed by atoms with Crippen LogP contribution in [0.15, 0.2) is 42.5 Å². The first-order valence-electron chi connectivity index (χ1n) is 10.9. The molecule has 0 unspecified atom stereocenters. The Labute approximate surface area is 197 Å². The summed E-state index contributed by atoms with van der Waals surface area (Å²) in [5, 5.41) is 3.08. The van der Waals surface area contributed by atoms with Crippen molar-refractivity contribution in [1.29, 1.82) is 0 Å². The van der Waals surface area contributed by atoms with Crippen LogP contribution in [0.25, 0.3) is 0 Å². The van der Waals surface area contributed by atoms with Crippen LogP contribution < -0.4 is 14.8 Å². The maximum atomic E-state index is 12.4. The average molecular weight is 475 g/mol. The fraction of sp³-hybridized carbons (Fsp3) is 0.375. The Morgan fingerprint density at radius 3 is 2.48 bits per heavy atom. The highest BCUT2D eigenvalue weighted by Crippen LogP contribution is 2.29. The molecule has 1 fully saturated rings. The van der Waals surface area contributed by atoms with Gasteiger partial charge < -0.3 is 24.4 Å². The van der Waals surface area contributed by atoms with E-state index < -0.39 is 18.5 Å². The number of carbonyl (C=O) groups is 3. The summed E-state index contributed by atoms with van der Waals surface area (Å²) in [7, 11) is 0. The average Bonchev–Trinajstić information content (AvgIpc) is 2.82. The van der Waals surface area contributed by atoms with E-state index in [0.29, 0.717) is 28.8 Å². The molecule has 0 aliphatic carbocycles. The number of amides is 2. The SMILES string of the molecule is CCOc1cc(C(=O)OCC(=O)Nc2cccc(Cl)c2)ccc1OCC(=O)N1CCCCC1. The maximum Gasteiger partial charge on any atom is 0.338 e. The van der Waals surface area contributed by atoms with Crippen LogP contribution in [0.3, 0.4) is 0 Å². The van der Waals surface area contributed by atoms with Crippen molar-refractivity contribution in [1.82, 2.24) is 4.90 Å². The largest absolute Gasteiger partial charge is 0.490 e. The first kappa shape index (κ1) is 24.4. The number of anilines is 1. The Hall–Kier alpha value is -3.26. The Kier molecular flexibility index (Phi) is 8.95. The zero-order valence-corrected chi connectivity index (χ0v) is 19.2. The highest BCUT2D eigenvalue weighted by Gasteiger charge is 2.19. The summed E-state index contributed by atoms with van der Waals surface area (Å²) in [6.07, 6.45) is 3.15. The number of nitrogens with one attached hydrogen (secondary N) is 1. The number of benzene rings is 2. The molecule has 0 aromatic heterocycles. The van der Waals surface area contributed by atoms with E-state index in [4.69, 9.17) is 25.8 Å². The van der Waals surface area contributed by atoms with Crippen molar-refractivity contribution < 1.29 is 28.6 Å². The van der Waals surface area contributed by atoms with Crippen LogP contribution in [-0.4, -0.2) is 55.6 Å². The summed E-state index contributed by atoms with van der Waals surface area (Å²) in [5.74, 6) is -0.578. The molecular formula is C24H27ClN2O6. The summed E-state index contributed by atoms with van der Waals surface area (Å²) < 4.78 is 16.3. The van der Waals surface area contributed by atoms with Gasteiger partial charge in [0.2, 0.25) is 0 Å². The van der Waals surface area contributed by atoms with E-state index >= 15 is 0 Å². The normalized spacial score (nSPS) is 13.2. The minimum atomic E-state index is -0.687. The van der Waals surface area contributed by atoms with Gasteiger partial charge in [-0.3, -0.25) is 9.59 Å². The molecule has 3 rings (SSSR count). The molecule has 2 aromatic carbocycles. The van der Waals surface area contributed by atoms with E-state index in [0.717, 1.165) is 32.4 Å². The quantitative estimate of drug-likeness (QED) is 0.553. The van der Waals surface area contributed by atoms with Gasteiger partial charge in [-0.05, 0) is 62.6 Å². The van der Waals surface area contributed by atoms with Gasteiger partial charge >= 0.3 is 5.97 Å². The van der Waals surface area contributed by atoms with Crippen LogP contribution in [0.5, 0.6) is 11.5 Å². The Morgan fingerprint density at radius 1 is 0.970 bits per heavy atom. The second kappa shape index (κ2) is 12.1. The lowest BCUT2D eigenvalue weighted by atomic mass is 10.1. The lowest BCUT2D eigenvalue weighted by Gasteiger charge is -2.26. The summed E-state index contributed by atoms with van der Waals surface area (Å²) in [4.78, 5) is 38.6. The molecule has 1 heterocycles. The third-order valence-corrected chi connectivity index (χ3v) is 5.22. The molecule has 9 heteroatoms. The van der Waals surface area contributed by atoms with Gasteiger partial charge in [-0.15, -0.1) is 0 Å².